The van der Waals surface area contributed by atoms with Gasteiger partial charge in [0.05, 0.1) is 12.4 Å². The van der Waals surface area contributed by atoms with E-state index in [0.29, 0.717) is 18.7 Å². The summed E-state index contributed by atoms with van der Waals surface area (Å²) in [6.45, 7) is 6.03. The number of rotatable bonds is 6. The highest BCUT2D eigenvalue weighted by atomic mass is 32.2. The van der Waals surface area contributed by atoms with Crippen molar-refractivity contribution >= 4 is 16.0 Å². The van der Waals surface area contributed by atoms with Crippen molar-refractivity contribution in [2.45, 2.75) is 6.92 Å². The van der Waals surface area contributed by atoms with Crippen LogP contribution >= 0.6 is 0 Å². The Morgan fingerprint density at radius 3 is 2.29 bits per heavy atom. The van der Waals surface area contributed by atoms with Gasteiger partial charge in [0.2, 0.25) is 5.91 Å². The van der Waals surface area contributed by atoms with E-state index in [4.69, 9.17) is 10.3 Å². The predicted octanol–water partition coefficient (Wildman–Crippen LogP) is -0.842. The van der Waals surface area contributed by atoms with Gasteiger partial charge in [-0.1, -0.05) is 6.58 Å². The molecule has 0 aliphatic carbocycles. The summed E-state index contributed by atoms with van der Waals surface area (Å²) >= 11 is 0. The number of carbonyl (C=O) groups excluding carboxylic acids is 1. The molecule has 0 aromatic heterocycles. The van der Waals surface area contributed by atoms with Crippen LogP contribution in [0.15, 0.2) is 12.2 Å². The van der Waals surface area contributed by atoms with Gasteiger partial charge in [-0.05, 0) is 6.92 Å². The minimum absolute atomic E-state index is 0.107. The van der Waals surface area contributed by atoms with Gasteiger partial charge in [0, 0.05) is 25.8 Å². The van der Waals surface area contributed by atoms with E-state index in [0.717, 1.165) is 0 Å². The van der Waals surface area contributed by atoms with Gasteiger partial charge in [-0.2, -0.15) is 8.42 Å². The molecule has 17 heavy (non-hydrogen) atoms. The first kappa shape index (κ1) is 18.4. The van der Waals surface area contributed by atoms with E-state index in [-0.39, 0.29) is 6.54 Å². The average Bonchev–Trinajstić information content (AvgIpc) is 2.17. The van der Waals surface area contributed by atoms with E-state index in [1.54, 1.807) is 7.11 Å². The van der Waals surface area contributed by atoms with Gasteiger partial charge < -0.3 is 15.8 Å². The Hall–Kier alpha value is -0.960. The number of nitrogens with one attached hydrogen (secondary N) is 1. The normalized spacial score (nSPS) is 10.1. The van der Waals surface area contributed by atoms with E-state index in [1.807, 2.05) is 0 Å². The monoisotopic (exact) mass is 268 g/mol. The van der Waals surface area contributed by atoms with Crippen molar-refractivity contribution in [1.29, 1.82) is 0 Å². The fraction of sp³-hybridized carbons (Fsp3) is 0.667. The summed E-state index contributed by atoms with van der Waals surface area (Å²) in [5.74, 6) is -0.898. The lowest BCUT2D eigenvalue weighted by atomic mass is 10.3. The van der Waals surface area contributed by atoms with Crippen LogP contribution in [-0.2, 0) is 19.6 Å². The molecule has 4 N–H and O–H groups in total. The van der Waals surface area contributed by atoms with Gasteiger partial charge in [0.15, 0.2) is 0 Å². The van der Waals surface area contributed by atoms with Crippen LogP contribution in [0.25, 0.3) is 0 Å². The molecule has 0 aliphatic heterocycles. The SMILES string of the molecule is C=C(C)C(=O)NCCS(=O)(=O)O.COCCN. The topological polar surface area (TPSA) is 119 Å². The fourth-order valence-electron chi connectivity index (χ4n) is 0.562. The highest BCUT2D eigenvalue weighted by molar-refractivity contribution is 7.85. The van der Waals surface area contributed by atoms with Crippen LogP contribution < -0.4 is 11.1 Å². The van der Waals surface area contributed by atoms with Crippen molar-refractivity contribution in [2.24, 2.45) is 5.73 Å². The van der Waals surface area contributed by atoms with Crippen molar-refractivity contribution in [2.75, 3.05) is 32.6 Å². The Balaban J connectivity index is 0. The highest BCUT2D eigenvalue weighted by Crippen LogP contribution is 1.85. The molecule has 8 heteroatoms. The standard InChI is InChI=1S/C6H11NO4S.C3H9NO/c1-5(2)6(8)7-3-4-12(9,10)11;1-5-3-2-4/h1,3-4H2,2H3,(H,7,8)(H,9,10,11);2-4H2,1H3. The van der Waals surface area contributed by atoms with Gasteiger partial charge in [0.1, 0.15) is 0 Å². The fourth-order valence-corrected chi connectivity index (χ4v) is 0.922. The van der Waals surface area contributed by atoms with Gasteiger partial charge >= 0.3 is 0 Å². The number of nitrogens with two attached hydrogens (primary N) is 1. The number of ether oxygens (including phenoxy) is 1. The second kappa shape index (κ2) is 10.2. The summed E-state index contributed by atoms with van der Waals surface area (Å²) in [7, 11) is -2.36. The van der Waals surface area contributed by atoms with Crippen LogP contribution in [0.2, 0.25) is 0 Å². The Kier molecular flexibility index (Phi) is 11.1. The molecule has 0 bridgehead atoms. The van der Waals surface area contributed by atoms with Gasteiger partial charge in [0.25, 0.3) is 10.1 Å². The molecular formula is C9H20N2O5S. The van der Waals surface area contributed by atoms with Crippen LogP contribution in [0.4, 0.5) is 0 Å². The molecule has 0 atom stereocenters. The number of carbonyl (C=O) groups is 1. The van der Waals surface area contributed by atoms with Crippen LogP contribution in [-0.4, -0.2) is 51.4 Å². The largest absolute Gasteiger partial charge is 0.383 e. The molecule has 0 aromatic carbocycles. The minimum atomic E-state index is -3.99. The van der Waals surface area contributed by atoms with Gasteiger partial charge in [-0.15, -0.1) is 0 Å². The maximum Gasteiger partial charge on any atom is 0.266 e. The quantitative estimate of drug-likeness (QED) is 0.427. The third kappa shape index (κ3) is 17.6. The van der Waals surface area contributed by atoms with Gasteiger partial charge in [-0.25, -0.2) is 0 Å². The molecule has 0 unspecified atom stereocenters. The van der Waals surface area contributed by atoms with E-state index in [1.165, 1.54) is 6.92 Å². The van der Waals surface area contributed by atoms with Crippen molar-refractivity contribution < 1.29 is 22.5 Å². The molecule has 0 spiro atoms. The molecule has 7 nitrogen and oxygen atoms in total. The van der Waals surface area contributed by atoms with Crippen molar-refractivity contribution in [1.82, 2.24) is 5.32 Å². The molecule has 0 rings (SSSR count). The Morgan fingerprint density at radius 2 is 2.06 bits per heavy atom. The third-order valence-corrected chi connectivity index (χ3v) is 2.08. The first-order valence-electron chi connectivity index (χ1n) is 4.82. The molecular weight excluding hydrogens is 248 g/mol. The average molecular weight is 268 g/mol. The molecule has 0 fully saturated rings. The highest BCUT2D eigenvalue weighted by Gasteiger charge is 2.05. The molecule has 0 aliphatic rings. The molecule has 0 aromatic rings. The lowest BCUT2D eigenvalue weighted by Gasteiger charge is -2.01. The first-order chi connectivity index (χ1) is 7.74. The number of methoxy groups -OCH3 is 1. The van der Waals surface area contributed by atoms with Gasteiger partial charge in [-0.3, -0.25) is 9.35 Å². The predicted molar refractivity (Wildman–Crippen MR) is 65.2 cm³/mol. The minimum Gasteiger partial charge on any atom is -0.383 e. The second-order valence-corrected chi connectivity index (χ2v) is 4.68. The maximum absolute atomic E-state index is 10.7. The summed E-state index contributed by atoms with van der Waals surface area (Å²) < 4.78 is 33.2. The number of amides is 1. The lowest BCUT2D eigenvalue weighted by Crippen LogP contribution is -2.29. The smallest absolute Gasteiger partial charge is 0.266 e. The van der Waals surface area contributed by atoms with E-state index in [9.17, 15) is 13.2 Å². The summed E-state index contributed by atoms with van der Waals surface area (Å²) in [5.41, 5.74) is 5.31. The second-order valence-electron chi connectivity index (χ2n) is 3.10. The van der Waals surface area contributed by atoms with Crippen molar-refractivity contribution in [3.05, 3.63) is 12.2 Å². The maximum atomic E-state index is 10.7. The first-order valence-corrected chi connectivity index (χ1v) is 6.43. The summed E-state index contributed by atoms with van der Waals surface area (Å²) in [6, 6.07) is 0. The number of hydrogen-bond acceptors (Lipinski definition) is 5. The molecule has 0 radical (unpaired) electrons. The third-order valence-electron chi connectivity index (χ3n) is 1.36. The Labute approximate surface area is 102 Å². The zero-order valence-corrected chi connectivity index (χ0v) is 10.9. The van der Waals surface area contributed by atoms with E-state index >= 15 is 0 Å². The van der Waals surface area contributed by atoms with Crippen molar-refractivity contribution in [3.8, 4) is 0 Å². The number of hydrogen-bond donors (Lipinski definition) is 3. The summed E-state index contributed by atoms with van der Waals surface area (Å²) in [5, 5.41) is 2.26. The van der Waals surface area contributed by atoms with E-state index in [2.05, 4.69) is 16.6 Å². The van der Waals surface area contributed by atoms with Crippen LogP contribution in [0.1, 0.15) is 6.92 Å². The molecule has 0 saturated carbocycles. The summed E-state index contributed by atoms with van der Waals surface area (Å²) in [6.07, 6.45) is 0. The zero-order valence-electron chi connectivity index (χ0n) is 10.1. The molecule has 1 amide bonds. The Bertz CT molecular complexity index is 324. The molecule has 102 valence electrons. The zero-order chi connectivity index (χ0) is 13.9. The summed E-state index contributed by atoms with van der Waals surface area (Å²) in [4.78, 5) is 10.7. The van der Waals surface area contributed by atoms with E-state index < -0.39 is 21.8 Å². The van der Waals surface area contributed by atoms with Crippen LogP contribution in [0.3, 0.4) is 0 Å². The molecule has 0 saturated heterocycles. The van der Waals surface area contributed by atoms with Crippen LogP contribution in [0.5, 0.6) is 0 Å². The molecule has 0 heterocycles. The van der Waals surface area contributed by atoms with Crippen LogP contribution in [0, 0.1) is 0 Å². The van der Waals surface area contributed by atoms with Crippen molar-refractivity contribution in [3.63, 3.8) is 0 Å². The Morgan fingerprint density at radius 1 is 1.53 bits per heavy atom. The lowest BCUT2D eigenvalue weighted by molar-refractivity contribution is -0.117.